The quantitative estimate of drug-likeness (QED) is 0.112. The van der Waals surface area contributed by atoms with Crippen LogP contribution in [0.4, 0.5) is 0 Å². The molecule has 7 heteroatoms. The van der Waals surface area contributed by atoms with Gasteiger partial charge in [-0.15, -0.1) is 48.0 Å². The molecular weight excluding hydrogens is 943 g/mol. The van der Waals surface area contributed by atoms with Crippen LogP contribution in [0.3, 0.4) is 0 Å². The van der Waals surface area contributed by atoms with Crippen molar-refractivity contribution in [3.8, 4) is 62.5 Å². The summed E-state index contributed by atoms with van der Waals surface area (Å²) >= 11 is 0. The predicted octanol–water partition coefficient (Wildman–Crippen LogP) is 14.5. The van der Waals surface area contributed by atoms with Crippen molar-refractivity contribution in [3.05, 3.63) is 168 Å². The Hall–Kier alpha value is -5.59. The van der Waals surface area contributed by atoms with Gasteiger partial charge in [-0.2, -0.15) is 0 Å². The van der Waals surface area contributed by atoms with E-state index in [1.807, 2.05) is 86.8 Å². The summed E-state index contributed by atoms with van der Waals surface area (Å²) in [6.07, 6.45) is 1.98. The first kappa shape index (κ1) is 42.1. The third kappa shape index (κ3) is 8.92. The van der Waals surface area contributed by atoms with Crippen LogP contribution >= 0.6 is 0 Å². The van der Waals surface area contributed by atoms with Crippen LogP contribution in [0.25, 0.3) is 50.5 Å². The van der Waals surface area contributed by atoms with Gasteiger partial charge in [0.25, 0.3) is 0 Å². The third-order valence-corrected chi connectivity index (χ3v) is 13.0. The molecule has 0 aliphatic carbocycles. The van der Waals surface area contributed by atoms with Crippen molar-refractivity contribution in [1.82, 2.24) is 14.5 Å². The van der Waals surface area contributed by atoms with Gasteiger partial charge in [0.1, 0.15) is 0 Å². The SMILES string of the molecule is CC(C)c1cc(-c2ccccc2)cc(C(C)C)c1-n1c(-c2[c-]ccc3c2Oc2ccccc2O3)nc2ccccc21.[2H]C(C)(C)c1cc(-c2[c-]cccc2)ncc1[Si](C)(C)C.[Ir]. The van der Waals surface area contributed by atoms with E-state index in [-0.39, 0.29) is 31.9 Å². The molecule has 311 valence electrons. The minimum atomic E-state index is -1.50. The summed E-state index contributed by atoms with van der Waals surface area (Å²) in [6.45, 7) is 19.9. The molecule has 0 fully saturated rings. The Bertz CT molecular complexity index is 2810. The van der Waals surface area contributed by atoms with Crippen molar-refractivity contribution >= 4 is 24.3 Å². The first-order valence-corrected chi connectivity index (χ1v) is 24.4. The summed E-state index contributed by atoms with van der Waals surface area (Å²) in [4.78, 5) is 9.81. The molecule has 61 heavy (non-hydrogen) atoms. The number of nitrogens with zero attached hydrogens (tertiary/aromatic N) is 3. The molecule has 0 atom stereocenters. The van der Waals surface area contributed by atoms with E-state index in [0.29, 0.717) is 23.0 Å². The van der Waals surface area contributed by atoms with E-state index in [1.165, 1.54) is 33.1 Å². The fourth-order valence-corrected chi connectivity index (χ4v) is 9.44. The second kappa shape index (κ2) is 18.2. The molecule has 0 saturated carbocycles. The summed E-state index contributed by atoms with van der Waals surface area (Å²) in [5, 5.41) is 1.28. The predicted molar refractivity (Wildman–Crippen MR) is 251 cm³/mol. The molecule has 0 spiro atoms. The van der Waals surface area contributed by atoms with Crippen molar-refractivity contribution in [1.29, 1.82) is 0 Å². The molecule has 0 saturated heterocycles. The number of rotatable bonds is 8. The number of benzene rings is 6. The number of aromatic nitrogens is 3. The van der Waals surface area contributed by atoms with Crippen molar-refractivity contribution in [2.45, 2.75) is 78.9 Å². The van der Waals surface area contributed by atoms with E-state index in [1.54, 1.807) is 0 Å². The minimum absolute atomic E-state index is 0. The Labute approximate surface area is 377 Å². The van der Waals surface area contributed by atoms with Gasteiger partial charge < -0.3 is 19.0 Å². The molecule has 6 aromatic carbocycles. The van der Waals surface area contributed by atoms with Gasteiger partial charge in [-0.25, -0.2) is 0 Å². The molecular formula is C54H53IrN3O2Si-2. The average molecular weight is 997 g/mol. The van der Waals surface area contributed by atoms with Crippen LogP contribution in [0.2, 0.25) is 19.6 Å². The zero-order chi connectivity index (χ0) is 43.1. The second-order valence-corrected chi connectivity index (χ2v) is 22.3. The smallest absolute Gasteiger partial charge is 0.166 e. The molecule has 1 aliphatic heterocycles. The first-order valence-electron chi connectivity index (χ1n) is 21.4. The number of hydrogen-bond donors (Lipinski definition) is 0. The van der Waals surface area contributed by atoms with Crippen molar-refractivity contribution in [3.63, 3.8) is 0 Å². The van der Waals surface area contributed by atoms with Crippen molar-refractivity contribution in [2.75, 3.05) is 0 Å². The Morgan fingerprint density at radius 2 is 1.28 bits per heavy atom. The van der Waals surface area contributed by atoms with Crippen LogP contribution in [-0.2, 0) is 20.1 Å². The van der Waals surface area contributed by atoms with Gasteiger partial charge in [0, 0.05) is 33.4 Å². The minimum Gasteiger partial charge on any atom is -0.494 e. The van der Waals surface area contributed by atoms with Crippen molar-refractivity contribution < 1.29 is 30.9 Å². The number of para-hydroxylation sites is 4. The Morgan fingerprint density at radius 3 is 1.92 bits per heavy atom. The number of fused-ring (bicyclic) bond motifs is 3. The number of pyridine rings is 1. The van der Waals surface area contributed by atoms with Crippen LogP contribution in [0.1, 0.15) is 77.3 Å². The first-order chi connectivity index (χ1) is 29.2. The maximum atomic E-state index is 8.44. The standard InChI is InChI=1S/C37H31N2O2.C17H22NSi.Ir/c1-23(2)28-21-26(25-13-6-5-7-14-25)22-29(24(3)4)35(28)39-31-17-9-8-16-30(31)38-37(39)27-15-12-20-34-36(27)41-33-19-11-10-18-32(33)40-34;1-13(2)15-11-16(14-9-7-6-8-10-14)18-12-17(15)19(3,4)5;/h5-14,16-24H,1-4H3;6-9,11-13H,1-5H3;/q2*-1;/i;13D;. The summed E-state index contributed by atoms with van der Waals surface area (Å²) in [5.41, 5.74) is 11.9. The van der Waals surface area contributed by atoms with Crippen LogP contribution in [0.5, 0.6) is 23.0 Å². The molecule has 0 N–H and O–H groups in total. The van der Waals surface area contributed by atoms with E-state index >= 15 is 0 Å². The van der Waals surface area contributed by atoms with E-state index in [0.717, 1.165) is 39.2 Å². The molecule has 2 aromatic heterocycles. The summed E-state index contributed by atoms with van der Waals surface area (Å²) in [6, 6.07) is 51.8. The van der Waals surface area contributed by atoms with Crippen LogP contribution in [0, 0.1) is 12.1 Å². The molecule has 8 aromatic rings. The summed E-state index contributed by atoms with van der Waals surface area (Å²) in [5.74, 6) is 3.39. The van der Waals surface area contributed by atoms with Gasteiger partial charge in [0.2, 0.25) is 0 Å². The van der Waals surface area contributed by atoms with Crippen LogP contribution in [-0.4, -0.2) is 22.6 Å². The second-order valence-electron chi connectivity index (χ2n) is 17.3. The number of imidazole rings is 1. The summed E-state index contributed by atoms with van der Waals surface area (Å²) in [7, 11) is -1.50. The number of hydrogen-bond acceptors (Lipinski definition) is 4. The molecule has 0 bridgehead atoms. The molecule has 0 unspecified atom stereocenters. The maximum absolute atomic E-state index is 8.44. The fraction of sp³-hybridized carbons (Fsp3) is 0.222. The largest absolute Gasteiger partial charge is 0.494 e. The van der Waals surface area contributed by atoms with Crippen LogP contribution < -0.4 is 14.7 Å². The molecule has 0 amide bonds. The Kier molecular flexibility index (Phi) is 12.5. The topological polar surface area (TPSA) is 49.2 Å². The van der Waals surface area contributed by atoms with Crippen molar-refractivity contribution in [2.24, 2.45) is 0 Å². The van der Waals surface area contributed by atoms with E-state index in [4.69, 9.17) is 15.8 Å². The van der Waals surface area contributed by atoms with E-state index in [2.05, 4.69) is 136 Å². The Balaban J connectivity index is 0.000000233. The Morgan fingerprint density at radius 1 is 0.639 bits per heavy atom. The van der Waals surface area contributed by atoms with Gasteiger partial charge in [-0.3, -0.25) is 4.98 Å². The average Bonchev–Trinajstić information content (AvgIpc) is 3.64. The summed E-state index contributed by atoms with van der Waals surface area (Å²) < 4.78 is 23.5. The molecule has 9 rings (SSSR count). The maximum Gasteiger partial charge on any atom is 0.166 e. The zero-order valence-corrected chi connectivity index (χ0v) is 39.8. The third-order valence-electron chi connectivity index (χ3n) is 11.0. The van der Waals surface area contributed by atoms with Crippen LogP contribution in [0.15, 0.2) is 140 Å². The van der Waals surface area contributed by atoms with Gasteiger partial charge in [0.15, 0.2) is 11.5 Å². The normalized spacial score (nSPS) is 12.3. The number of ether oxygens (including phenoxy) is 2. The monoisotopic (exact) mass is 997 g/mol. The molecule has 1 radical (unpaired) electrons. The van der Waals surface area contributed by atoms with Gasteiger partial charge in [0.05, 0.1) is 36.4 Å². The van der Waals surface area contributed by atoms with E-state index < -0.39 is 14.0 Å². The van der Waals surface area contributed by atoms with Gasteiger partial charge in [-0.1, -0.05) is 139 Å². The molecule has 3 heterocycles. The van der Waals surface area contributed by atoms with Gasteiger partial charge in [-0.05, 0) is 87.3 Å². The molecule has 5 nitrogen and oxygen atoms in total. The molecule has 1 aliphatic rings. The fourth-order valence-electron chi connectivity index (χ4n) is 7.86. The van der Waals surface area contributed by atoms with E-state index in [9.17, 15) is 0 Å². The van der Waals surface area contributed by atoms with Gasteiger partial charge >= 0.3 is 0 Å². The zero-order valence-electron chi connectivity index (χ0n) is 37.4.